The van der Waals surface area contributed by atoms with Gasteiger partial charge in [-0.3, -0.25) is 0 Å². The lowest BCUT2D eigenvalue weighted by molar-refractivity contribution is 0.185. The SMILES string of the molecule is COCC(CCl)c1ccccc1C. The first-order chi connectivity index (χ1) is 6.29. The van der Waals surface area contributed by atoms with Crippen molar-refractivity contribution in [3.63, 3.8) is 0 Å². The summed E-state index contributed by atoms with van der Waals surface area (Å²) in [5, 5.41) is 0. The number of benzene rings is 1. The van der Waals surface area contributed by atoms with Crippen molar-refractivity contribution in [3.05, 3.63) is 35.4 Å². The third-order valence-corrected chi connectivity index (χ3v) is 2.55. The van der Waals surface area contributed by atoms with Crippen molar-refractivity contribution in [3.8, 4) is 0 Å². The van der Waals surface area contributed by atoms with Crippen molar-refractivity contribution in [1.82, 2.24) is 0 Å². The van der Waals surface area contributed by atoms with Crippen LogP contribution in [0.1, 0.15) is 17.0 Å². The fourth-order valence-electron chi connectivity index (χ4n) is 1.46. The van der Waals surface area contributed by atoms with Crippen LogP contribution in [0.5, 0.6) is 0 Å². The largest absolute Gasteiger partial charge is 0.384 e. The molecule has 13 heavy (non-hydrogen) atoms. The van der Waals surface area contributed by atoms with Gasteiger partial charge in [-0.2, -0.15) is 0 Å². The van der Waals surface area contributed by atoms with Crippen LogP contribution in [0.3, 0.4) is 0 Å². The summed E-state index contributed by atoms with van der Waals surface area (Å²) in [6.07, 6.45) is 0. The Kier molecular flexibility index (Phi) is 4.26. The summed E-state index contributed by atoms with van der Waals surface area (Å²) in [6, 6.07) is 8.29. The van der Waals surface area contributed by atoms with Crippen LogP contribution in [0, 0.1) is 6.92 Å². The first-order valence-electron chi connectivity index (χ1n) is 4.40. The third-order valence-electron chi connectivity index (χ3n) is 2.18. The number of alkyl halides is 1. The first kappa shape index (κ1) is 10.6. The molecule has 1 rings (SSSR count). The van der Waals surface area contributed by atoms with E-state index in [2.05, 4.69) is 19.1 Å². The molecule has 1 atom stereocenters. The zero-order chi connectivity index (χ0) is 9.68. The molecular weight excluding hydrogens is 184 g/mol. The van der Waals surface area contributed by atoms with Gasteiger partial charge in [0.05, 0.1) is 6.61 Å². The van der Waals surface area contributed by atoms with Crippen molar-refractivity contribution in [2.45, 2.75) is 12.8 Å². The van der Waals surface area contributed by atoms with E-state index in [9.17, 15) is 0 Å². The first-order valence-corrected chi connectivity index (χ1v) is 4.93. The normalized spacial score (nSPS) is 12.8. The van der Waals surface area contributed by atoms with E-state index >= 15 is 0 Å². The van der Waals surface area contributed by atoms with E-state index in [0.29, 0.717) is 18.4 Å². The summed E-state index contributed by atoms with van der Waals surface area (Å²) in [5.74, 6) is 0.923. The lowest BCUT2D eigenvalue weighted by atomic mass is 9.97. The third kappa shape index (κ3) is 2.71. The predicted octanol–water partition coefficient (Wildman–Crippen LogP) is 2.96. The lowest BCUT2D eigenvalue weighted by Gasteiger charge is -2.15. The van der Waals surface area contributed by atoms with Crippen molar-refractivity contribution < 1.29 is 4.74 Å². The highest BCUT2D eigenvalue weighted by molar-refractivity contribution is 6.18. The maximum absolute atomic E-state index is 5.87. The second-order valence-corrected chi connectivity index (χ2v) is 3.47. The Hall–Kier alpha value is -0.530. The molecule has 0 amide bonds. The highest BCUT2D eigenvalue weighted by atomic mass is 35.5. The summed E-state index contributed by atoms with van der Waals surface area (Å²) in [6.45, 7) is 2.79. The molecule has 1 aromatic carbocycles. The number of halogens is 1. The number of hydrogen-bond acceptors (Lipinski definition) is 1. The van der Waals surface area contributed by atoms with Gasteiger partial charge in [-0.25, -0.2) is 0 Å². The van der Waals surface area contributed by atoms with Gasteiger partial charge in [0.2, 0.25) is 0 Å². The molecule has 0 spiro atoms. The summed E-state index contributed by atoms with van der Waals surface area (Å²) in [5.41, 5.74) is 2.57. The molecule has 0 aromatic heterocycles. The lowest BCUT2D eigenvalue weighted by Crippen LogP contribution is -2.09. The predicted molar refractivity (Wildman–Crippen MR) is 56.5 cm³/mol. The number of aryl methyl sites for hydroxylation is 1. The Morgan fingerprint density at radius 1 is 1.38 bits per heavy atom. The van der Waals surface area contributed by atoms with Gasteiger partial charge >= 0.3 is 0 Å². The zero-order valence-electron chi connectivity index (χ0n) is 8.09. The highest BCUT2D eigenvalue weighted by Crippen LogP contribution is 2.20. The van der Waals surface area contributed by atoms with Gasteiger partial charge in [-0.05, 0) is 18.1 Å². The second kappa shape index (κ2) is 5.25. The van der Waals surface area contributed by atoms with E-state index in [1.165, 1.54) is 11.1 Å². The molecule has 1 unspecified atom stereocenters. The fraction of sp³-hybridized carbons (Fsp3) is 0.455. The maximum Gasteiger partial charge on any atom is 0.0542 e. The minimum atomic E-state index is 0.313. The standard InChI is InChI=1S/C11H15ClO/c1-9-5-3-4-6-11(9)10(7-12)8-13-2/h3-6,10H,7-8H2,1-2H3. The van der Waals surface area contributed by atoms with E-state index in [1.807, 2.05) is 12.1 Å². The Bertz CT molecular complexity index is 260. The summed E-state index contributed by atoms with van der Waals surface area (Å²) in [7, 11) is 1.71. The fourth-order valence-corrected chi connectivity index (χ4v) is 1.72. The topological polar surface area (TPSA) is 9.23 Å². The molecule has 0 N–H and O–H groups in total. The van der Waals surface area contributed by atoms with E-state index in [-0.39, 0.29) is 0 Å². The molecule has 0 radical (unpaired) electrons. The molecule has 0 aliphatic heterocycles. The van der Waals surface area contributed by atoms with Gasteiger partial charge in [0, 0.05) is 18.9 Å². The molecule has 0 fully saturated rings. The van der Waals surface area contributed by atoms with Gasteiger partial charge in [0.1, 0.15) is 0 Å². The molecule has 0 saturated carbocycles. The molecule has 72 valence electrons. The van der Waals surface area contributed by atoms with E-state index in [4.69, 9.17) is 16.3 Å². The Balaban J connectivity index is 2.84. The second-order valence-electron chi connectivity index (χ2n) is 3.16. The Morgan fingerprint density at radius 3 is 2.62 bits per heavy atom. The molecule has 1 aromatic rings. The zero-order valence-corrected chi connectivity index (χ0v) is 8.84. The quantitative estimate of drug-likeness (QED) is 0.676. The van der Waals surface area contributed by atoms with E-state index < -0.39 is 0 Å². The van der Waals surface area contributed by atoms with Crippen LogP contribution in [-0.4, -0.2) is 19.6 Å². The molecule has 2 heteroatoms. The molecular formula is C11H15ClO. The maximum atomic E-state index is 5.87. The van der Waals surface area contributed by atoms with Crippen molar-refractivity contribution in [1.29, 1.82) is 0 Å². The smallest absolute Gasteiger partial charge is 0.0542 e. The van der Waals surface area contributed by atoms with Crippen molar-refractivity contribution in [2.75, 3.05) is 19.6 Å². The molecule has 1 nitrogen and oxygen atoms in total. The number of methoxy groups -OCH3 is 1. The van der Waals surface area contributed by atoms with Crippen LogP contribution < -0.4 is 0 Å². The molecule has 0 bridgehead atoms. The average molecular weight is 199 g/mol. The minimum Gasteiger partial charge on any atom is -0.384 e. The van der Waals surface area contributed by atoms with Crippen LogP contribution in [0.2, 0.25) is 0 Å². The van der Waals surface area contributed by atoms with E-state index in [1.54, 1.807) is 7.11 Å². The molecule has 0 saturated heterocycles. The summed E-state index contributed by atoms with van der Waals surface area (Å²) >= 11 is 5.87. The van der Waals surface area contributed by atoms with Crippen molar-refractivity contribution in [2.24, 2.45) is 0 Å². The van der Waals surface area contributed by atoms with Gasteiger partial charge in [-0.15, -0.1) is 11.6 Å². The van der Waals surface area contributed by atoms with Gasteiger partial charge in [0.15, 0.2) is 0 Å². The molecule has 0 aliphatic rings. The van der Waals surface area contributed by atoms with Gasteiger partial charge in [0.25, 0.3) is 0 Å². The van der Waals surface area contributed by atoms with Crippen LogP contribution >= 0.6 is 11.6 Å². The summed E-state index contributed by atoms with van der Waals surface area (Å²) in [4.78, 5) is 0. The Labute approximate surface area is 84.7 Å². The molecule has 0 aliphatic carbocycles. The van der Waals surface area contributed by atoms with Crippen LogP contribution in [-0.2, 0) is 4.74 Å². The number of ether oxygens (including phenoxy) is 1. The van der Waals surface area contributed by atoms with E-state index in [0.717, 1.165) is 0 Å². The highest BCUT2D eigenvalue weighted by Gasteiger charge is 2.11. The van der Waals surface area contributed by atoms with Crippen LogP contribution in [0.25, 0.3) is 0 Å². The van der Waals surface area contributed by atoms with Crippen molar-refractivity contribution >= 4 is 11.6 Å². The monoisotopic (exact) mass is 198 g/mol. The number of hydrogen-bond donors (Lipinski definition) is 0. The van der Waals surface area contributed by atoms with Crippen LogP contribution in [0.4, 0.5) is 0 Å². The van der Waals surface area contributed by atoms with Gasteiger partial charge < -0.3 is 4.74 Å². The summed E-state index contributed by atoms with van der Waals surface area (Å²) < 4.78 is 5.12. The Morgan fingerprint density at radius 2 is 2.08 bits per heavy atom. The molecule has 0 heterocycles. The minimum absolute atomic E-state index is 0.313. The number of rotatable bonds is 4. The van der Waals surface area contributed by atoms with Crippen LogP contribution in [0.15, 0.2) is 24.3 Å². The average Bonchev–Trinajstić information content (AvgIpc) is 2.16. The van der Waals surface area contributed by atoms with Gasteiger partial charge in [-0.1, -0.05) is 24.3 Å².